The summed E-state index contributed by atoms with van der Waals surface area (Å²) in [6.07, 6.45) is 3.39. The lowest BCUT2D eigenvalue weighted by Gasteiger charge is -1.96. The molecule has 0 saturated carbocycles. The van der Waals surface area contributed by atoms with Crippen LogP contribution in [0.1, 0.15) is 5.69 Å². The second kappa shape index (κ2) is 2.37. The van der Waals surface area contributed by atoms with Crippen LogP contribution in [0.3, 0.4) is 0 Å². The van der Waals surface area contributed by atoms with Gasteiger partial charge in [0.1, 0.15) is 0 Å². The lowest BCUT2D eigenvalue weighted by Crippen LogP contribution is -1.99. The Labute approximate surface area is 69.2 Å². The molecule has 0 radical (unpaired) electrons. The normalized spacial score (nSPS) is 10.4. The van der Waals surface area contributed by atoms with Crippen LogP contribution in [0.25, 0.3) is 5.82 Å². The lowest BCUT2D eigenvalue weighted by atomic mass is 10.5. The van der Waals surface area contributed by atoms with E-state index in [0.29, 0.717) is 11.5 Å². The van der Waals surface area contributed by atoms with E-state index in [2.05, 4.69) is 15.3 Å². The molecule has 5 nitrogen and oxygen atoms in total. The average molecular weight is 163 g/mol. The Balaban J connectivity index is 2.50. The van der Waals surface area contributed by atoms with Crippen molar-refractivity contribution in [2.24, 2.45) is 0 Å². The Morgan fingerprint density at radius 3 is 2.92 bits per heavy atom. The number of aromatic nitrogens is 4. The van der Waals surface area contributed by atoms with Crippen molar-refractivity contribution in [1.82, 2.24) is 20.0 Å². The highest BCUT2D eigenvalue weighted by atomic mass is 15.3. The van der Waals surface area contributed by atoms with Gasteiger partial charge in [0.2, 0.25) is 0 Å². The van der Waals surface area contributed by atoms with Crippen molar-refractivity contribution < 1.29 is 0 Å². The number of nitrogens with zero attached hydrogens (tertiary/aromatic N) is 3. The maximum absolute atomic E-state index is 5.63. The molecule has 62 valence electrons. The fraction of sp³-hybridized carbons (Fsp3) is 0.143. The van der Waals surface area contributed by atoms with Gasteiger partial charge in [-0.05, 0) is 13.0 Å². The molecule has 0 saturated heterocycles. The third kappa shape index (κ3) is 0.952. The summed E-state index contributed by atoms with van der Waals surface area (Å²) in [4.78, 5) is 0. The Kier molecular flexibility index (Phi) is 1.36. The fourth-order valence-corrected chi connectivity index (χ4v) is 1.01. The van der Waals surface area contributed by atoms with E-state index >= 15 is 0 Å². The zero-order valence-corrected chi connectivity index (χ0v) is 6.65. The molecule has 0 atom stereocenters. The first-order valence-corrected chi connectivity index (χ1v) is 3.59. The number of aryl methyl sites for hydroxylation is 1. The molecule has 3 N–H and O–H groups in total. The molecular formula is C7H9N5. The molecule has 0 aliphatic heterocycles. The molecule has 2 heterocycles. The van der Waals surface area contributed by atoms with Gasteiger partial charge in [0.05, 0.1) is 17.6 Å². The topological polar surface area (TPSA) is 72.5 Å². The van der Waals surface area contributed by atoms with E-state index in [1.165, 1.54) is 0 Å². The van der Waals surface area contributed by atoms with Gasteiger partial charge in [-0.3, -0.25) is 5.10 Å². The molecule has 2 aromatic rings. The highest BCUT2D eigenvalue weighted by Gasteiger charge is 2.03. The summed E-state index contributed by atoms with van der Waals surface area (Å²) in [7, 11) is 0. The minimum absolute atomic E-state index is 0.595. The van der Waals surface area contributed by atoms with Crippen molar-refractivity contribution in [3.05, 3.63) is 24.2 Å². The van der Waals surface area contributed by atoms with E-state index in [1.807, 2.05) is 19.2 Å². The molecule has 0 aliphatic rings. The summed E-state index contributed by atoms with van der Waals surface area (Å²) >= 11 is 0. The molecule has 0 amide bonds. The molecule has 0 fully saturated rings. The molecule has 0 aromatic carbocycles. The molecule has 0 bridgehead atoms. The minimum Gasteiger partial charge on any atom is -0.394 e. The van der Waals surface area contributed by atoms with Crippen LogP contribution in [-0.4, -0.2) is 20.0 Å². The quantitative estimate of drug-likeness (QED) is 0.642. The van der Waals surface area contributed by atoms with Crippen LogP contribution in [-0.2, 0) is 0 Å². The monoisotopic (exact) mass is 163 g/mol. The van der Waals surface area contributed by atoms with Gasteiger partial charge >= 0.3 is 0 Å². The number of hydrogen-bond donors (Lipinski definition) is 2. The molecule has 5 heteroatoms. The van der Waals surface area contributed by atoms with Crippen LogP contribution in [0.5, 0.6) is 0 Å². The molecule has 0 aliphatic carbocycles. The van der Waals surface area contributed by atoms with Gasteiger partial charge in [-0.2, -0.15) is 10.2 Å². The summed E-state index contributed by atoms with van der Waals surface area (Å²) in [6, 6.07) is 1.90. The van der Waals surface area contributed by atoms with Gasteiger partial charge in [0, 0.05) is 6.20 Å². The van der Waals surface area contributed by atoms with Crippen molar-refractivity contribution in [2.75, 3.05) is 5.73 Å². The first-order valence-electron chi connectivity index (χ1n) is 3.59. The number of nitrogens with one attached hydrogen (secondary N) is 1. The SMILES string of the molecule is Cc1ccn(-c2[nH]ncc2N)n1. The predicted molar refractivity (Wildman–Crippen MR) is 44.9 cm³/mol. The molecular weight excluding hydrogens is 154 g/mol. The van der Waals surface area contributed by atoms with Gasteiger partial charge in [0.15, 0.2) is 5.82 Å². The Morgan fingerprint density at radius 1 is 1.58 bits per heavy atom. The van der Waals surface area contributed by atoms with E-state index in [9.17, 15) is 0 Å². The van der Waals surface area contributed by atoms with Crippen LogP contribution >= 0.6 is 0 Å². The number of H-pyrrole nitrogens is 1. The molecule has 0 spiro atoms. The molecule has 0 unspecified atom stereocenters. The number of aromatic amines is 1. The average Bonchev–Trinajstić information content (AvgIpc) is 2.58. The first-order chi connectivity index (χ1) is 5.77. The maximum Gasteiger partial charge on any atom is 0.172 e. The van der Waals surface area contributed by atoms with Crippen LogP contribution < -0.4 is 5.73 Å². The van der Waals surface area contributed by atoms with Crippen molar-refractivity contribution in [3.63, 3.8) is 0 Å². The van der Waals surface area contributed by atoms with Gasteiger partial charge in [-0.25, -0.2) is 4.68 Å². The molecule has 2 aromatic heterocycles. The number of nitrogen functional groups attached to an aromatic ring is 1. The maximum atomic E-state index is 5.63. The van der Waals surface area contributed by atoms with Crippen LogP contribution in [0.4, 0.5) is 5.69 Å². The second-order valence-corrected chi connectivity index (χ2v) is 2.58. The number of anilines is 1. The van der Waals surface area contributed by atoms with E-state index in [1.54, 1.807) is 10.9 Å². The third-order valence-electron chi connectivity index (χ3n) is 1.60. The first kappa shape index (κ1) is 6.90. The van der Waals surface area contributed by atoms with Gasteiger partial charge in [-0.15, -0.1) is 0 Å². The summed E-state index contributed by atoms with van der Waals surface area (Å²) in [5.41, 5.74) is 7.17. The highest BCUT2D eigenvalue weighted by Crippen LogP contribution is 2.11. The zero-order valence-electron chi connectivity index (χ0n) is 6.65. The number of hydrogen-bond acceptors (Lipinski definition) is 3. The van der Waals surface area contributed by atoms with Gasteiger partial charge in [0.25, 0.3) is 0 Å². The number of rotatable bonds is 1. The summed E-state index contributed by atoms with van der Waals surface area (Å²) in [5.74, 6) is 0.711. The van der Waals surface area contributed by atoms with Crippen LogP contribution in [0.2, 0.25) is 0 Å². The van der Waals surface area contributed by atoms with Crippen LogP contribution in [0, 0.1) is 6.92 Å². The van der Waals surface area contributed by atoms with Crippen molar-refractivity contribution in [1.29, 1.82) is 0 Å². The van der Waals surface area contributed by atoms with Crippen molar-refractivity contribution in [2.45, 2.75) is 6.92 Å². The Hall–Kier alpha value is -1.78. The van der Waals surface area contributed by atoms with E-state index in [0.717, 1.165) is 5.69 Å². The standard InChI is InChI=1S/C7H9N5/c1-5-2-3-12(11-5)7-6(8)4-9-10-7/h2-4H,8H2,1H3,(H,9,10). The van der Waals surface area contributed by atoms with Crippen molar-refractivity contribution >= 4 is 5.69 Å². The summed E-state index contributed by atoms with van der Waals surface area (Å²) in [6.45, 7) is 1.92. The third-order valence-corrected chi connectivity index (χ3v) is 1.60. The number of nitrogens with two attached hydrogens (primary N) is 1. The highest BCUT2D eigenvalue weighted by molar-refractivity contribution is 5.50. The second-order valence-electron chi connectivity index (χ2n) is 2.58. The predicted octanol–water partition coefficient (Wildman–Crippen LogP) is 0.486. The van der Waals surface area contributed by atoms with E-state index < -0.39 is 0 Å². The lowest BCUT2D eigenvalue weighted by molar-refractivity contribution is 0.825. The summed E-state index contributed by atoms with van der Waals surface area (Å²) < 4.78 is 1.66. The zero-order chi connectivity index (χ0) is 8.55. The largest absolute Gasteiger partial charge is 0.394 e. The Morgan fingerprint density at radius 2 is 2.42 bits per heavy atom. The minimum atomic E-state index is 0.595. The molecule has 12 heavy (non-hydrogen) atoms. The molecule has 2 rings (SSSR count). The van der Waals surface area contributed by atoms with Gasteiger partial charge in [-0.1, -0.05) is 0 Å². The van der Waals surface area contributed by atoms with Gasteiger partial charge < -0.3 is 5.73 Å². The van der Waals surface area contributed by atoms with E-state index in [4.69, 9.17) is 5.73 Å². The Bertz CT molecular complexity index is 386. The smallest absolute Gasteiger partial charge is 0.172 e. The fourth-order valence-electron chi connectivity index (χ4n) is 1.01. The van der Waals surface area contributed by atoms with E-state index in [-0.39, 0.29) is 0 Å². The van der Waals surface area contributed by atoms with Crippen molar-refractivity contribution in [3.8, 4) is 5.82 Å². The van der Waals surface area contributed by atoms with Crippen LogP contribution in [0.15, 0.2) is 18.5 Å². The summed E-state index contributed by atoms with van der Waals surface area (Å²) in [5, 5.41) is 10.7.